The minimum atomic E-state index is -1.44. The van der Waals surface area contributed by atoms with Crippen LogP contribution in [0.1, 0.15) is 71.6 Å². The topological polar surface area (TPSA) is 90.2 Å². The highest BCUT2D eigenvalue weighted by Crippen LogP contribution is 2.33. The Kier molecular flexibility index (Phi) is 8.13. The Hall–Kier alpha value is -0.200. The van der Waals surface area contributed by atoms with Crippen molar-refractivity contribution < 1.29 is 25.2 Å². The standard InChI is InChI=1S/C16H32O5/c1-3-5-7-9-12(17)15-14(19)13(18)11-16(20,21-15)10-8-6-4-2/h12-15,17-20H,3-11H2,1-2H3/t12?,13-,14+,15-,16+/m1/s1. The summed E-state index contributed by atoms with van der Waals surface area (Å²) in [7, 11) is 0. The van der Waals surface area contributed by atoms with Crippen LogP contribution < -0.4 is 0 Å². The Labute approximate surface area is 127 Å². The van der Waals surface area contributed by atoms with Crippen LogP contribution in [0.2, 0.25) is 0 Å². The van der Waals surface area contributed by atoms with Crippen molar-refractivity contribution in [2.45, 2.75) is 102 Å². The van der Waals surface area contributed by atoms with Crippen molar-refractivity contribution in [3.63, 3.8) is 0 Å². The van der Waals surface area contributed by atoms with E-state index in [1.54, 1.807) is 0 Å². The van der Waals surface area contributed by atoms with E-state index < -0.39 is 30.2 Å². The predicted molar refractivity (Wildman–Crippen MR) is 80.7 cm³/mol. The summed E-state index contributed by atoms with van der Waals surface area (Å²) in [5, 5.41) is 40.6. The molecule has 1 aliphatic heterocycles. The highest BCUT2D eigenvalue weighted by molar-refractivity contribution is 4.92. The lowest BCUT2D eigenvalue weighted by Crippen LogP contribution is -2.58. The maximum absolute atomic E-state index is 10.5. The summed E-state index contributed by atoms with van der Waals surface area (Å²) in [6.45, 7) is 4.15. The van der Waals surface area contributed by atoms with Crippen LogP contribution in [0.5, 0.6) is 0 Å². The molecule has 5 heteroatoms. The summed E-state index contributed by atoms with van der Waals surface area (Å²) < 4.78 is 5.59. The summed E-state index contributed by atoms with van der Waals surface area (Å²) in [5.41, 5.74) is 0. The fourth-order valence-electron chi connectivity index (χ4n) is 2.92. The molecule has 0 aliphatic carbocycles. The largest absolute Gasteiger partial charge is 0.390 e. The zero-order valence-corrected chi connectivity index (χ0v) is 13.4. The van der Waals surface area contributed by atoms with E-state index in [2.05, 4.69) is 13.8 Å². The van der Waals surface area contributed by atoms with E-state index in [0.717, 1.165) is 38.5 Å². The van der Waals surface area contributed by atoms with Gasteiger partial charge >= 0.3 is 0 Å². The van der Waals surface area contributed by atoms with Crippen LogP contribution >= 0.6 is 0 Å². The average molecular weight is 304 g/mol. The molecule has 1 aliphatic rings. The minimum Gasteiger partial charge on any atom is -0.390 e. The Bertz CT molecular complexity index is 286. The number of aliphatic hydroxyl groups excluding tert-OH is 3. The minimum absolute atomic E-state index is 0.00391. The number of hydrogen-bond donors (Lipinski definition) is 4. The molecule has 0 aromatic carbocycles. The molecule has 21 heavy (non-hydrogen) atoms. The lowest BCUT2D eigenvalue weighted by atomic mass is 9.89. The molecule has 1 saturated heterocycles. The lowest BCUT2D eigenvalue weighted by Gasteiger charge is -2.44. The maximum atomic E-state index is 10.5. The molecule has 5 nitrogen and oxygen atoms in total. The van der Waals surface area contributed by atoms with Crippen LogP contribution in [0.3, 0.4) is 0 Å². The second kappa shape index (κ2) is 9.06. The molecule has 0 spiro atoms. The second-order valence-corrected chi connectivity index (χ2v) is 6.31. The van der Waals surface area contributed by atoms with E-state index in [1.165, 1.54) is 0 Å². The van der Waals surface area contributed by atoms with Gasteiger partial charge in [0.05, 0.1) is 12.2 Å². The molecule has 0 bridgehead atoms. The SMILES string of the molecule is CCCCCC(O)[C@H]1O[C@@](O)(CCCCC)C[C@@H](O)[C@@H]1O. The fraction of sp³-hybridized carbons (Fsp3) is 1.00. The van der Waals surface area contributed by atoms with Crippen molar-refractivity contribution in [2.75, 3.05) is 0 Å². The Morgan fingerprint density at radius 3 is 2.33 bits per heavy atom. The first-order valence-corrected chi connectivity index (χ1v) is 8.38. The molecule has 0 aromatic heterocycles. The maximum Gasteiger partial charge on any atom is 0.168 e. The summed E-state index contributed by atoms with van der Waals surface area (Å²) in [6.07, 6.45) is 2.64. The molecule has 0 radical (unpaired) electrons. The van der Waals surface area contributed by atoms with Crippen molar-refractivity contribution in [1.82, 2.24) is 0 Å². The number of unbranched alkanes of at least 4 members (excludes halogenated alkanes) is 4. The van der Waals surface area contributed by atoms with Crippen molar-refractivity contribution >= 4 is 0 Å². The van der Waals surface area contributed by atoms with Crippen molar-refractivity contribution in [3.05, 3.63) is 0 Å². The number of rotatable bonds is 9. The molecule has 1 unspecified atom stereocenters. The fourth-order valence-corrected chi connectivity index (χ4v) is 2.92. The molecular formula is C16H32O5. The van der Waals surface area contributed by atoms with Crippen LogP contribution in [0.15, 0.2) is 0 Å². The smallest absolute Gasteiger partial charge is 0.168 e. The van der Waals surface area contributed by atoms with Crippen LogP contribution in [0.4, 0.5) is 0 Å². The van der Waals surface area contributed by atoms with E-state index in [9.17, 15) is 20.4 Å². The van der Waals surface area contributed by atoms with Gasteiger partial charge in [-0.3, -0.25) is 0 Å². The number of aliphatic hydroxyl groups is 4. The van der Waals surface area contributed by atoms with Gasteiger partial charge in [-0.1, -0.05) is 46.0 Å². The molecule has 0 amide bonds. The third kappa shape index (κ3) is 5.83. The highest BCUT2D eigenvalue weighted by atomic mass is 16.6. The van der Waals surface area contributed by atoms with Crippen LogP contribution in [0, 0.1) is 0 Å². The summed E-state index contributed by atoms with van der Waals surface area (Å²) in [5.74, 6) is -1.44. The summed E-state index contributed by atoms with van der Waals surface area (Å²) in [4.78, 5) is 0. The van der Waals surface area contributed by atoms with Crippen LogP contribution in [-0.4, -0.2) is 50.6 Å². The summed E-state index contributed by atoms with van der Waals surface area (Å²) >= 11 is 0. The zero-order valence-electron chi connectivity index (χ0n) is 13.4. The van der Waals surface area contributed by atoms with Gasteiger partial charge in [-0.2, -0.15) is 0 Å². The Morgan fingerprint density at radius 2 is 1.71 bits per heavy atom. The van der Waals surface area contributed by atoms with E-state index in [-0.39, 0.29) is 6.42 Å². The first-order chi connectivity index (χ1) is 9.93. The van der Waals surface area contributed by atoms with Gasteiger partial charge in [0.15, 0.2) is 5.79 Å². The normalized spacial score (nSPS) is 34.9. The number of hydrogen-bond acceptors (Lipinski definition) is 5. The van der Waals surface area contributed by atoms with Crippen molar-refractivity contribution in [1.29, 1.82) is 0 Å². The molecule has 1 rings (SSSR count). The van der Waals surface area contributed by atoms with E-state index in [1.807, 2.05) is 0 Å². The molecule has 4 N–H and O–H groups in total. The molecule has 5 atom stereocenters. The van der Waals surface area contributed by atoms with E-state index in [4.69, 9.17) is 4.74 Å². The van der Waals surface area contributed by atoms with E-state index in [0.29, 0.717) is 12.8 Å². The van der Waals surface area contributed by atoms with Crippen LogP contribution in [-0.2, 0) is 4.74 Å². The van der Waals surface area contributed by atoms with Crippen molar-refractivity contribution in [2.24, 2.45) is 0 Å². The van der Waals surface area contributed by atoms with Crippen molar-refractivity contribution in [3.8, 4) is 0 Å². The first kappa shape index (κ1) is 18.8. The lowest BCUT2D eigenvalue weighted by molar-refractivity contribution is -0.317. The zero-order chi connectivity index (χ0) is 15.9. The van der Waals surface area contributed by atoms with Gasteiger partial charge < -0.3 is 25.2 Å². The summed E-state index contributed by atoms with van der Waals surface area (Å²) in [6, 6.07) is 0. The average Bonchev–Trinajstić information content (AvgIpc) is 2.43. The quantitative estimate of drug-likeness (QED) is 0.487. The van der Waals surface area contributed by atoms with Gasteiger partial charge in [0, 0.05) is 12.8 Å². The molecule has 0 saturated carbocycles. The van der Waals surface area contributed by atoms with Gasteiger partial charge in [-0.25, -0.2) is 0 Å². The monoisotopic (exact) mass is 304 g/mol. The molecule has 0 aromatic rings. The highest BCUT2D eigenvalue weighted by Gasteiger charge is 2.47. The van der Waals surface area contributed by atoms with Gasteiger partial charge in [0.25, 0.3) is 0 Å². The number of ether oxygens (including phenoxy) is 1. The second-order valence-electron chi connectivity index (χ2n) is 6.31. The predicted octanol–water partition coefficient (Wildman–Crippen LogP) is 1.71. The molecule has 126 valence electrons. The van der Waals surface area contributed by atoms with Gasteiger partial charge in [-0.05, 0) is 12.8 Å². The Balaban J connectivity index is 2.59. The third-order valence-corrected chi connectivity index (χ3v) is 4.27. The van der Waals surface area contributed by atoms with E-state index >= 15 is 0 Å². The molecular weight excluding hydrogens is 272 g/mol. The third-order valence-electron chi connectivity index (χ3n) is 4.27. The molecule has 1 fully saturated rings. The Morgan fingerprint density at radius 1 is 1.10 bits per heavy atom. The first-order valence-electron chi connectivity index (χ1n) is 8.38. The van der Waals surface area contributed by atoms with Crippen LogP contribution in [0.25, 0.3) is 0 Å². The molecule has 1 heterocycles. The van der Waals surface area contributed by atoms with Gasteiger partial charge in [0.1, 0.15) is 12.2 Å². The van der Waals surface area contributed by atoms with Gasteiger partial charge in [0.2, 0.25) is 0 Å². The van der Waals surface area contributed by atoms with Gasteiger partial charge in [-0.15, -0.1) is 0 Å².